The average Bonchev–Trinajstić information content (AvgIpc) is 2.55. The fourth-order valence-electron chi connectivity index (χ4n) is 1.76. The lowest BCUT2D eigenvalue weighted by molar-refractivity contribution is 0.0690. The Morgan fingerprint density at radius 1 is 1.46 bits per heavy atom. The maximum absolute atomic E-state index is 11.2. The molecule has 1 aliphatic rings. The topological polar surface area (TPSA) is 70.2 Å². The van der Waals surface area contributed by atoms with Crippen LogP contribution in [0.4, 0.5) is 0 Å². The Balaban J connectivity index is 2.61. The van der Waals surface area contributed by atoms with Crippen molar-refractivity contribution in [2.75, 3.05) is 0 Å². The highest BCUT2D eigenvalue weighted by Crippen LogP contribution is 2.26. The molecule has 13 heavy (non-hydrogen) atoms. The number of H-pyrrole nitrogens is 1. The standard InChI is InChI=1S/C9H9NO3/c1-4-5-2-3-6(11)8(5)10-7(4)9(12)13/h10H,2-3H2,1H3,(H,12,13). The number of Topliss-reactive ketones (excluding diaryl/α,β-unsaturated/α-hetero) is 1. The van der Waals surface area contributed by atoms with E-state index < -0.39 is 5.97 Å². The van der Waals surface area contributed by atoms with Crippen molar-refractivity contribution in [2.45, 2.75) is 19.8 Å². The fourth-order valence-corrected chi connectivity index (χ4v) is 1.76. The van der Waals surface area contributed by atoms with E-state index in [1.165, 1.54) is 0 Å². The van der Waals surface area contributed by atoms with Gasteiger partial charge in [0.2, 0.25) is 0 Å². The van der Waals surface area contributed by atoms with Crippen LogP contribution >= 0.6 is 0 Å². The number of hydrogen-bond acceptors (Lipinski definition) is 2. The van der Waals surface area contributed by atoms with Crippen molar-refractivity contribution in [3.05, 3.63) is 22.5 Å². The van der Waals surface area contributed by atoms with Gasteiger partial charge in [0.15, 0.2) is 5.78 Å². The quantitative estimate of drug-likeness (QED) is 0.679. The molecule has 0 unspecified atom stereocenters. The Labute approximate surface area is 74.6 Å². The molecular formula is C9H9NO3. The van der Waals surface area contributed by atoms with Gasteiger partial charge in [-0.15, -0.1) is 0 Å². The fraction of sp³-hybridized carbons (Fsp3) is 0.333. The summed E-state index contributed by atoms with van der Waals surface area (Å²) in [4.78, 5) is 24.6. The van der Waals surface area contributed by atoms with Crippen molar-refractivity contribution in [3.63, 3.8) is 0 Å². The maximum Gasteiger partial charge on any atom is 0.352 e. The van der Waals surface area contributed by atoms with Crippen LogP contribution in [0.1, 0.15) is 38.5 Å². The van der Waals surface area contributed by atoms with Crippen molar-refractivity contribution in [1.29, 1.82) is 0 Å². The summed E-state index contributed by atoms with van der Waals surface area (Å²) < 4.78 is 0. The molecule has 0 radical (unpaired) electrons. The molecule has 0 aromatic carbocycles. The molecular weight excluding hydrogens is 170 g/mol. The Bertz CT molecular complexity index is 402. The second kappa shape index (κ2) is 2.45. The van der Waals surface area contributed by atoms with E-state index in [1.807, 2.05) is 0 Å². The molecule has 2 rings (SSSR count). The number of rotatable bonds is 1. The first-order valence-corrected chi connectivity index (χ1v) is 4.09. The monoisotopic (exact) mass is 179 g/mol. The van der Waals surface area contributed by atoms with E-state index in [2.05, 4.69) is 4.98 Å². The second-order valence-corrected chi connectivity index (χ2v) is 3.21. The molecule has 0 aliphatic heterocycles. The first-order valence-electron chi connectivity index (χ1n) is 4.09. The number of fused-ring (bicyclic) bond motifs is 1. The van der Waals surface area contributed by atoms with Gasteiger partial charge in [0.05, 0.1) is 5.69 Å². The number of carbonyl (C=O) groups excluding carboxylic acids is 1. The first-order chi connectivity index (χ1) is 6.11. The molecule has 1 aromatic heterocycles. The summed E-state index contributed by atoms with van der Waals surface area (Å²) in [5.74, 6) is -0.981. The molecule has 0 bridgehead atoms. The minimum Gasteiger partial charge on any atom is -0.477 e. The van der Waals surface area contributed by atoms with Gasteiger partial charge in [0.25, 0.3) is 0 Å². The van der Waals surface area contributed by atoms with E-state index in [0.29, 0.717) is 24.1 Å². The van der Waals surface area contributed by atoms with Crippen LogP contribution in [-0.2, 0) is 6.42 Å². The zero-order valence-electron chi connectivity index (χ0n) is 7.18. The van der Waals surface area contributed by atoms with Crippen molar-refractivity contribution in [3.8, 4) is 0 Å². The van der Waals surface area contributed by atoms with E-state index >= 15 is 0 Å². The molecule has 1 aliphatic carbocycles. The van der Waals surface area contributed by atoms with Crippen LogP contribution in [0, 0.1) is 6.92 Å². The number of nitrogens with one attached hydrogen (secondary N) is 1. The molecule has 0 amide bonds. The van der Waals surface area contributed by atoms with Gasteiger partial charge >= 0.3 is 5.97 Å². The van der Waals surface area contributed by atoms with Crippen LogP contribution in [0.5, 0.6) is 0 Å². The SMILES string of the molecule is Cc1c(C(=O)O)[nH]c2c1CCC2=O. The van der Waals surface area contributed by atoms with Crippen LogP contribution < -0.4 is 0 Å². The number of carboxylic acid groups (broad SMARTS) is 1. The molecule has 4 heteroatoms. The number of aromatic nitrogens is 1. The maximum atomic E-state index is 11.2. The molecule has 2 N–H and O–H groups in total. The molecule has 68 valence electrons. The number of carbonyl (C=O) groups is 2. The third-order valence-corrected chi connectivity index (χ3v) is 2.47. The van der Waals surface area contributed by atoms with Gasteiger partial charge in [0.1, 0.15) is 5.69 Å². The van der Waals surface area contributed by atoms with Crippen molar-refractivity contribution in [1.82, 2.24) is 4.98 Å². The molecule has 0 fully saturated rings. The minimum absolute atomic E-state index is 0.0191. The third-order valence-electron chi connectivity index (χ3n) is 2.47. The Morgan fingerprint density at radius 2 is 2.15 bits per heavy atom. The molecule has 0 spiro atoms. The van der Waals surface area contributed by atoms with Crippen LogP contribution in [0.15, 0.2) is 0 Å². The van der Waals surface area contributed by atoms with Crippen LogP contribution in [0.25, 0.3) is 0 Å². The van der Waals surface area contributed by atoms with Crippen molar-refractivity contribution < 1.29 is 14.7 Å². The summed E-state index contributed by atoms with van der Waals surface area (Å²) in [5, 5.41) is 8.77. The number of aromatic amines is 1. The van der Waals surface area contributed by atoms with Crippen LogP contribution in [0.2, 0.25) is 0 Å². The predicted molar refractivity (Wildman–Crippen MR) is 45.1 cm³/mol. The Hall–Kier alpha value is -1.58. The predicted octanol–water partition coefficient (Wildman–Crippen LogP) is 1.15. The summed E-state index contributed by atoms with van der Waals surface area (Å²) >= 11 is 0. The highest BCUT2D eigenvalue weighted by Gasteiger charge is 2.27. The summed E-state index contributed by atoms with van der Waals surface area (Å²) in [6, 6.07) is 0. The van der Waals surface area contributed by atoms with Gasteiger partial charge in [-0.05, 0) is 24.5 Å². The molecule has 0 saturated heterocycles. The summed E-state index contributed by atoms with van der Waals surface area (Å²) in [5.41, 5.74) is 2.23. The van der Waals surface area contributed by atoms with Gasteiger partial charge in [-0.25, -0.2) is 4.79 Å². The average molecular weight is 179 g/mol. The van der Waals surface area contributed by atoms with Crippen LogP contribution in [-0.4, -0.2) is 21.8 Å². The number of carboxylic acids is 1. The first kappa shape index (κ1) is 8.04. The molecule has 4 nitrogen and oxygen atoms in total. The van der Waals surface area contributed by atoms with Crippen molar-refractivity contribution in [2.24, 2.45) is 0 Å². The van der Waals surface area contributed by atoms with Gasteiger partial charge < -0.3 is 10.1 Å². The highest BCUT2D eigenvalue weighted by atomic mass is 16.4. The van der Waals surface area contributed by atoms with Gasteiger partial charge in [-0.1, -0.05) is 0 Å². The number of hydrogen-bond donors (Lipinski definition) is 2. The van der Waals surface area contributed by atoms with E-state index in [1.54, 1.807) is 6.92 Å². The van der Waals surface area contributed by atoms with E-state index in [0.717, 1.165) is 5.56 Å². The van der Waals surface area contributed by atoms with E-state index in [9.17, 15) is 9.59 Å². The second-order valence-electron chi connectivity index (χ2n) is 3.21. The Morgan fingerprint density at radius 3 is 2.69 bits per heavy atom. The largest absolute Gasteiger partial charge is 0.477 e. The summed E-state index contributed by atoms with van der Waals surface area (Å²) in [6.07, 6.45) is 1.17. The zero-order valence-corrected chi connectivity index (χ0v) is 7.18. The van der Waals surface area contributed by atoms with E-state index in [4.69, 9.17) is 5.11 Å². The lowest BCUT2D eigenvalue weighted by Gasteiger charge is -1.93. The third kappa shape index (κ3) is 0.983. The van der Waals surface area contributed by atoms with Gasteiger partial charge in [-0.2, -0.15) is 0 Å². The lowest BCUT2D eigenvalue weighted by atomic mass is 10.1. The lowest BCUT2D eigenvalue weighted by Crippen LogP contribution is -2.01. The highest BCUT2D eigenvalue weighted by molar-refractivity contribution is 6.01. The Kier molecular flexibility index (Phi) is 1.52. The molecule has 1 aromatic rings. The number of ketones is 1. The zero-order chi connectivity index (χ0) is 9.59. The summed E-state index contributed by atoms with van der Waals surface area (Å²) in [6.45, 7) is 1.73. The van der Waals surface area contributed by atoms with Crippen LogP contribution in [0.3, 0.4) is 0 Å². The van der Waals surface area contributed by atoms with Gasteiger partial charge in [0, 0.05) is 6.42 Å². The van der Waals surface area contributed by atoms with E-state index in [-0.39, 0.29) is 11.5 Å². The smallest absolute Gasteiger partial charge is 0.352 e. The van der Waals surface area contributed by atoms with Crippen molar-refractivity contribution >= 4 is 11.8 Å². The normalized spacial score (nSPS) is 14.7. The molecule has 1 heterocycles. The minimum atomic E-state index is -1.00. The van der Waals surface area contributed by atoms with Gasteiger partial charge in [-0.3, -0.25) is 4.79 Å². The number of aromatic carboxylic acids is 1. The molecule has 0 saturated carbocycles. The molecule has 0 atom stereocenters. The summed E-state index contributed by atoms with van der Waals surface area (Å²) in [7, 11) is 0.